The number of methoxy groups -OCH3 is 2. The lowest BCUT2D eigenvalue weighted by molar-refractivity contribution is 0.107. The molecule has 1 aromatic rings. The maximum Gasteiger partial charge on any atom is 0.225 e. The molecular weight excluding hydrogens is 299 g/mol. The third-order valence-electron chi connectivity index (χ3n) is 3.59. The highest BCUT2D eigenvalue weighted by Crippen LogP contribution is 2.37. The first-order valence-electron chi connectivity index (χ1n) is 7.79. The van der Waals surface area contributed by atoms with Gasteiger partial charge in [-0.05, 0) is 24.5 Å². The fraction of sp³-hybridized carbons (Fsp3) is 0.588. The fourth-order valence-electron chi connectivity index (χ4n) is 2.34. The van der Waals surface area contributed by atoms with Crippen molar-refractivity contribution in [2.24, 2.45) is 5.92 Å². The van der Waals surface area contributed by atoms with E-state index in [2.05, 4.69) is 13.8 Å². The van der Waals surface area contributed by atoms with Crippen LogP contribution in [0.4, 0.5) is 0 Å². The predicted molar refractivity (Wildman–Crippen MR) is 91.1 cm³/mol. The van der Waals surface area contributed by atoms with Crippen molar-refractivity contribution in [1.29, 1.82) is 0 Å². The second kappa shape index (κ2) is 9.68. The molecule has 124 valence electrons. The van der Waals surface area contributed by atoms with Crippen molar-refractivity contribution < 1.29 is 18.8 Å². The van der Waals surface area contributed by atoms with E-state index in [4.69, 9.17) is 9.47 Å². The molecule has 1 rings (SSSR count). The minimum absolute atomic E-state index is 0.304. The highest BCUT2D eigenvalue weighted by atomic mass is 31.1. The zero-order valence-electron chi connectivity index (χ0n) is 14.0. The maximum atomic E-state index is 12.4. The third-order valence-corrected chi connectivity index (χ3v) is 5.16. The molecule has 1 atom stereocenters. The molecule has 0 radical (unpaired) electrons. The second-order valence-electron chi connectivity index (χ2n) is 5.78. The van der Waals surface area contributed by atoms with E-state index in [9.17, 15) is 9.36 Å². The topological polar surface area (TPSA) is 52.6 Å². The summed E-state index contributed by atoms with van der Waals surface area (Å²) in [6.45, 7) is 4.39. The molecule has 0 saturated heterocycles. The van der Waals surface area contributed by atoms with Crippen LogP contribution in [-0.4, -0.2) is 25.9 Å². The van der Waals surface area contributed by atoms with Gasteiger partial charge in [0.2, 0.25) is 5.52 Å². The Morgan fingerprint density at radius 3 is 2.18 bits per heavy atom. The lowest BCUT2D eigenvalue weighted by atomic mass is 10.1. The van der Waals surface area contributed by atoms with Crippen LogP contribution in [0.15, 0.2) is 18.2 Å². The Labute approximate surface area is 134 Å². The van der Waals surface area contributed by atoms with Crippen molar-refractivity contribution in [2.45, 2.75) is 39.5 Å². The fourth-order valence-corrected chi connectivity index (χ4v) is 3.67. The molecule has 4 nitrogen and oxygen atoms in total. The first kappa shape index (κ1) is 18.8. The summed E-state index contributed by atoms with van der Waals surface area (Å²) >= 11 is 0. The Kier molecular flexibility index (Phi) is 8.26. The molecule has 1 aromatic carbocycles. The smallest absolute Gasteiger partial charge is 0.225 e. The number of hydrogen-bond acceptors (Lipinski definition) is 4. The molecule has 0 saturated carbocycles. The molecule has 22 heavy (non-hydrogen) atoms. The van der Waals surface area contributed by atoms with E-state index < -0.39 is 7.80 Å². The lowest BCUT2D eigenvalue weighted by Gasteiger charge is -2.12. The van der Waals surface area contributed by atoms with Gasteiger partial charge in [0.15, 0.2) is 0 Å². The minimum atomic E-state index is -2.33. The molecule has 0 N–H and O–H groups in total. The minimum Gasteiger partial charge on any atom is -0.496 e. The summed E-state index contributed by atoms with van der Waals surface area (Å²) < 4.78 is 22.7. The summed E-state index contributed by atoms with van der Waals surface area (Å²) in [7, 11) is 0.657. The molecule has 0 heterocycles. The number of unbranched alkanes of at least 4 members (excludes halogenated alkanes) is 2. The molecule has 0 aliphatic heterocycles. The van der Waals surface area contributed by atoms with E-state index in [0.717, 1.165) is 19.3 Å². The van der Waals surface area contributed by atoms with Gasteiger partial charge in [-0.2, -0.15) is 0 Å². The van der Waals surface area contributed by atoms with Gasteiger partial charge in [-0.15, -0.1) is 0 Å². The average molecular weight is 326 g/mol. The van der Waals surface area contributed by atoms with Crippen molar-refractivity contribution in [2.75, 3.05) is 20.4 Å². The summed E-state index contributed by atoms with van der Waals surface area (Å²) in [4.78, 5) is 12.4. The molecule has 0 aromatic heterocycles. The maximum absolute atomic E-state index is 12.4. The summed E-state index contributed by atoms with van der Waals surface area (Å²) in [6, 6.07) is 5.12. The van der Waals surface area contributed by atoms with Crippen LogP contribution in [-0.2, 0) is 4.57 Å². The van der Waals surface area contributed by atoms with Gasteiger partial charge in [-0.3, -0.25) is 4.79 Å². The van der Waals surface area contributed by atoms with Crippen molar-refractivity contribution >= 4 is 13.3 Å². The number of hydrogen-bond donors (Lipinski definition) is 0. The number of rotatable bonds is 10. The molecule has 0 fully saturated rings. The number of ether oxygens (including phenoxy) is 2. The molecule has 0 aliphatic carbocycles. The predicted octanol–water partition coefficient (Wildman–Crippen LogP) is 4.62. The van der Waals surface area contributed by atoms with Crippen molar-refractivity contribution in [3.05, 3.63) is 23.8 Å². The Bertz CT molecular complexity index is 489. The van der Waals surface area contributed by atoms with Gasteiger partial charge in [-0.1, -0.05) is 39.2 Å². The normalized spacial score (nSPS) is 12.2. The van der Waals surface area contributed by atoms with Crippen LogP contribution in [0.3, 0.4) is 0 Å². The van der Waals surface area contributed by atoms with E-state index in [-0.39, 0.29) is 5.52 Å². The van der Waals surface area contributed by atoms with Crippen LogP contribution in [0.25, 0.3) is 0 Å². The second-order valence-corrected chi connectivity index (χ2v) is 7.58. The highest BCUT2D eigenvalue weighted by molar-refractivity contribution is 7.64. The standard InChI is InChI=1S/C17H27O4P/c1-13(2)9-6-5-7-12-22(19)17(18)16-14(20-3)10-8-11-15(16)21-4/h8,10-11,13,22H,5-7,9,12H2,1-4H3. The van der Waals surface area contributed by atoms with Crippen molar-refractivity contribution in [3.8, 4) is 11.5 Å². The van der Waals surface area contributed by atoms with Crippen LogP contribution >= 0.6 is 7.80 Å². The molecule has 0 amide bonds. The zero-order chi connectivity index (χ0) is 16.5. The Morgan fingerprint density at radius 2 is 1.68 bits per heavy atom. The van der Waals surface area contributed by atoms with Crippen LogP contribution in [0, 0.1) is 5.92 Å². The van der Waals surface area contributed by atoms with Crippen LogP contribution < -0.4 is 9.47 Å². The molecule has 0 spiro atoms. The van der Waals surface area contributed by atoms with Crippen LogP contribution in [0.5, 0.6) is 11.5 Å². The van der Waals surface area contributed by atoms with Gasteiger partial charge in [0, 0.05) is 6.16 Å². The largest absolute Gasteiger partial charge is 0.496 e. The zero-order valence-corrected chi connectivity index (χ0v) is 15.0. The highest BCUT2D eigenvalue weighted by Gasteiger charge is 2.22. The van der Waals surface area contributed by atoms with Gasteiger partial charge in [0.05, 0.1) is 14.2 Å². The molecule has 0 bridgehead atoms. The van der Waals surface area contributed by atoms with E-state index >= 15 is 0 Å². The Hall–Kier alpha value is -1.28. The lowest BCUT2D eigenvalue weighted by Crippen LogP contribution is -2.03. The molecule has 5 heteroatoms. The molecule has 0 aliphatic rings. The third kappa shape index (κ3) is 5.49. The van der Waals surface area contributed by atoms with E-state index in [1.807, 2.05) is 0 Å². The van der Waals surface area contributed by atoms with E-state index in [1.54, 1.807) is 18.2 Å². The van der Waals surface area contributed by atoms with Crippen LogP contribution in [0.2, 0.25) is 0 Å². The average Bonchev–Trinajstić information content (AvgIpc) is 2.52. The Morgan fingerprint density at radius 1 is 1.09 bits per heavy atom. The summed E-state index contributed by atoms with van der Waals surface area (Å²) in [5.74, 6) is 1.53. The summed E-state index contributed by atoms with van der Waals surface area (Å²) in [5, 5.41) is 0. The first-order chi connectivity index (χ1) is 10.5. The quantitative estimate of drug-likeness (QED) is 0.465. The molecular formula is C17H27O4P. The Balaban J connectivity index is 2.65. The SMILES string of the molecule is COc1cccc(OC)c1C(=O)[PH](=O)CCCCCC(C)C. The van der Waals surface area contributed by atoms with Gasteiger partial charge >= 0.3 is 0 Å². The van der Waals surface area contributed by atoms with Crippen molar-refractivity contribution in [3.63, 3.8) is 0 Å². The van der Waals surface area contributed by atoms with Gasteiger partial charge in [-0.25, -0.2) is 0 Å². The first-order valence-corrected chi connectivity index (χ1v) is 9.41. The number of carbonyl (C=O) groups excluding carboxylic acids is 1. The van der Waals surface area contributed by atoms with Crippen LogP contribution in [0.1, 0.15) is 49.9 Å². The van der Waals surface area contributed by atoms with Crippen molar-refractivity contribution in [1.82, 2.24) is 0 Å². The van der Waals surface area contributed by atoms with E-state index in [1.165, 1.54) is 20.6 Å². The monoisotopic (exact) mass is 326 g/mol. The summed E-state index contributed by atoms with van der Waals surface area (Å²) in [5.41, 5.74) is -0.0401. The van der Waals surface area contributed by atoms with Gasteiger partial charge in [0.25, 0.3) is 0 Å². The summed E-state index contributed by atoms with van der Waals surface area (Å²) in [6.07, 6.45) is 4.61. The molecule has 1 unspecified atom stereocenters. The number of carbonyl (C=O) groups is 1. The number of benzene rings is 1. The van der Waals surface area contributed by atoms with E-state index in [0.29, 0.717) is 29.1 Å². The van der Waals surface area contributed by atoms with Gasteiger partial charge in [0.1, 0.15) is 24.9 Å². The van der Waals surface area contributed by atoms with Gasteiger partial charge < -0.3 is 14.0 Å².